The zero-order valence-electron chi connectivity index (χ0n) is 7.20. The van der Waals surface area contributed by atoms with Gasteiger partial charge in [0.2, 0.25) is 0 Å². The Labute approximate surface area is 72.2 Å². The molecule has 3 N–H and O–H groups in total. The first-order valence-corrected chi connectivity index (χ1v) is 3.97. The molecular formula is C9H14N2O. The monoisotopic (exact) mass is 166 g/mol. The average molecular weight is 166 g/mol. The van der Waals surface area contributed by atoms with Gasteiger partial charge in [-0.1, -0.05) is 6.07 Å². The topological polar surface area (TPSA) is 59.1 Å². The highest BCUT2D eigenvalue weighted by molar-refractivity contribution is 5.18. The summed E-state index contributed by atoms with van der Waals surface area (Å²) in [4.78, 5) is 3.97. The first kappa shape index (κ1) is 9.16. The molecule has 0 unspecified atom stereocenters. The normalized spacial score (nSPS) is 15.6. The lowest BCUT2D eigenvalue weighted by Gasteiger charge is -2.23. The van der Waals surface area contributed by atoms with Crippen molar-refractivity contribution in [1.82, 2.24) is 4.98 Å². The number of aliphatic hydroxyl groups is 1. The third-order valence-corrected chi connectivity index (χ3v) is 1.95. The van der Waals surface area contributed by atoms with Gasteiger partial charge in [0.25, 0.3) is 0 Å². The fraction of sp³-hybridized carbons (Fsp3) is 0.444. The minimum absolute atomic E-state index is 0.0991. The lowest BCUT2D eigenvalue weighted by Crippen LogP contribution is -2.34. The summed E-state index contributed by atoms with van der Waals surface area (Å²) < 4.78 is 0. The van der Waals surface area contributed by atoms with E-state index in [2.05, 4.69) is 4.98 Å². The molecule has 0 radical (unpaired) electrons. The van der Waals surface area contributed by atoms with Crippen molar-refractivity contribution in [3.05, 3.63) is 30.1 Å². The van der Waals surface area contributed by atoms with Gasteiger partial charge in [0, 0.05) is 24.5 Å². The Balaban J connectivity index is 2.82. The number of aliphatic hydroxyl groups excluding tert-OH is 1. The molecular weight excluding hydrogens is 152 g/mol. The molecule has 66 valence electrons. The van der Waals surface area contributed by atoms with Gasteiger partial charge in [-0.2, -0.15) is 0 Å². The van der Waals surface area contributed by atoms with Crippen molar-refractivity contribution in [2.45, 2.75) is 18.9 Å². The average Bonchev–Trinajstić information content (AvgIpc) is 2.06. The highest BCUT2D eigenvalue weighted by atomic mass is 16.3. The van der Waals surface area contributed by atoms with Crippen LogP contribution in [0.1, 0.15) is 18.9 Å². The van der Waals surface area contributed by atoms with E-state index in [4.69, 9.17) is 10.8 Å². The number of hydrogen-bond donors (Lipinski definition) is 2. The Kier molecular flexibility index (Phi) is 2.78. The van der Waals surface area contributed by atoms with Crippen molar-refractivity contribution in [2.24, 2.45) is 5.73 Å². The van der Waals surface area contributed by atoms with Crippen LogP contribution in [0.25, 0.3) is 0 Å². The SMILES string of the molecule is C[C@@](N)(CCO)c1cccnc1. The predicted octanol–water partition coefficient (Wildman–Crippen LogP) is 0.638. The third kappa shape index (κ3) is 2.03. The molecule has 1 rings (SSSR count). The standard InChI is InChI=1S/C9H14N2O/c1-9(10,4-6-12)8-3-2-5-11-7-8/h2-3,5,7,12H,4,6,10H2,1H3/t9-/m1/s1. The van der Waals surface area contributed by atoms with Crippen LogP contribution in [0.4, 0.5) is 0 Å². The van der Waals surface area contributed by atoms with Crippen molar-refractivity contribution in [2.75, 3.05) is 6.61 Å². The second kappa shape index (κ2) is 3.65. The molecule has 0 fully saturated rings. The van der Waals surface area contributed by atoms with Crippen LogP contribution < -0.4 is 5.73 Å². The zero-order chi connectivity index (χ0) is 9.03. The molecule has 1 heterocycles. The predicted molar refractivity (Wildman–Crippen MR) is 47.5 cm³/mol. The molecule has 0 saturated carbocycles. The first-order chi connectivity index (χ1) is 5.67. The van der Waals surface area contributed by atoms with Crippen LogP contribution in [0.15, 0.2) is 24.5 Å². The summed E-state index contributed by atoms with van der Waals surface area (Å²) in [6.45, 7) is 1.99. The summed E-state index contributed by atoms with van der Waals surface area (Å²) >= 11 is 0. The van der Waals surface area contributed by atoms with Gasteiger partial charge >= 0.3 is 0 Å². The Bertz CT molecular complexity index is 234. The van der Waals surface area contributed by atoms with Crippen molar-refractivity contribution in [3.8, 4) is 0 Å². The molecule has 1 aromatic rings. The second-order valence-corrected chi connectivity index (χ2v) is 3.13. The number of pyridine rings is 1. The maximum absolute atomic E-state index is 8.76. The van der Waals surface area contributed by atoms with E-state index < -0.39 is 5.54 Å². The molecule has 0 aliphatic rings. The van der Waals surface area contributed by atoms with Gasteiger partial charge in [0.1, 0.15) is 0 Å². The summed E-state index contributed by atoms with van der Waals surface area (Å²) in [6.07, 6.45) is 3.99. The van der Waals surface area contributed by atoms with Crippen LogP contribution in [0.2, 0.25) is 0 Å². The maximum atomic E-state index is 8.76. The second-order valence-electron chi connectivity index (χ2n) is 3.13. The van der Waals surface area contributed by atoms with E-state index in [0.717, 1.165) is 5.56 Å². The molecule has 3 heteroatoms. The van der Waals surface area contributed by atoms with E-state index in [1.807, 2.05) is 19.1 Å². The lowest BCUT2D eigenvalue weighted by atomic mass is 9.92. The summed E-state index contributed by atoms with van der Waals surface area (Å²) in [5.74, 6) is 0. The molecule has 0 saturated heterocycles. The van der Waals surface area contributed by atoms with Crippen LogP contribution in [0.3, 0.4) is 0 Å². The summed E-state index contributed by atoms with van der Waals surface area (Å²) in [7, 11) is 0. The molecule has 0 aliphatic heterocycles. The fourth-order valence-electron chi connectivity index (χ4n) is 1.08. The van der Waals surface area contributed by atoms with Crippen LogP contribution in [-0.2, 0) is 5.54 Å². The van der Waals surface area contributed by atoms with Crippen LogP contribution in [0.5, 0.6) is 0 Å². The van der Waals surface area contributed by atoms with E-state index >= 15 is 0 Å². The lowest BCUT2D eigenvalue weighted by molar-refractivity contribution is 0.247. The van der Waals surface area contributed by atoms with Gasteiger partial charge in [0.05, 0.1) is 0 Å². The molecule has 0 aromatic carbocycles. The van der Waals surface area contributed by atoms with Gasteiger partial charge < -0.3 is 10.8 Å². The molecule has 3 nitrogen and oxygen atoms in total. The number of aromatic nitrogens is 1. The van der Waals surface area contributed by atoms with Crippen molar-refractivity contribution in [1.29, 1.82) is 0 Å². The number of nitrogens with two attached hydrogens (primary N) is 1. The van der Waals surface area contributed by atoms with Crippen LogP contribution in [0, 0.1) is 0 Å². The third-order valence-electron chi connectivity index (χ3n) is 1.95. The molecule has 0 aliphatic carbocycles. The minimum Gasteiger partial charge on any atom is -0.396 e. The van der Waals surface area contributed by atoms with Crippen molar-refractivity contribution >= 4 is 0 Å². The van der Waals surface area contributed by atoms with Crippen molar-refractivity contribution < 1.29 is 5.11 Å². The number of hydrogen-bond acceptors (Lipinski definition) is 3. The van der Waals surface area contributed by atoms with E-state index in [1.54, 1.807) is 12.4 Å². The minimum atomic E-state index is -0.469. The molecule has 1 aromatic heterocycles. The Morgan fingerprint density at radius 3 is 2.92 bits per heavy atom. The highest BCUT2D eigenvalue weighted by Gasteiger charge is 2.19. The Hall–Kier alpha value is -0.930. The van der Waals surface area contributed by atoms with Gasteiger partial charge in [-0.05, 0) is 25.0 Å². The van der Waals surface area contributed by atoms with Crippen molar-refractivity contribution in [3.63, 3.8) is 0 Å². The van der Waals surface area contributed by atoms with E-state index in [-0.39, 0.29) is 6.61 Å². The van der Waals surface area contributed by atoms with Gasteiger partial charge in [-0.3, -0.25) is 4.98 Å². The number of nitrogens with zero attached hydrogens (tertiary/aromatic N) is 1. The summed E-state index contributed by atoms with van der Waals surface area (Å²) in [5, 5.41) is 8.76. The maximum Gasteiger partial charge on any atom is 0.0451 e. The fourth-order valence-corrected chi connectivity index (χ4v) is 1.08. The Morgan fingerprint density at radius 2 is 2.42 bits per heavy atom. The van der Waals surface area contributed by atoms with Gasteiger partial charge in [-0.25, -0.2) is 0 Å². The largest absolute Gasteiger partial charge is 0.396 e. The van der Waals surface area contributed by atoms with Gasteiger partial charge in [-0.15, -0.1) is 0 Å². The molecule has 0 amide bonds. The van der Waals surface area contributed by atoms with E-state index in [1.165, 1.54) is 0 Å². The Morgan fingerprint density at radius 1 is 1.67 bits per heavy atom. The zero-order valence-corrected chi connectivity index (χ0v) is 7.20. The highest BCUT2D eigenvalue weighted by Crippen LogP contribution is 2.19. The van der Waals surface area contributed by atoms with E-state index in [9.17, 15) is 0 Å². The molecule has 0 spiro atoms. The summed E-state index contributed by atoms with van der Waals surface area (Å²) in [5.41, 5.74) is 6.44. The van der Waals surface area contributed by atoms with E-state index in [0.29, 0.717) is 6.42 Å². The quantitative estimate of drug-likeness (QED) is 0.692. The smallest absolute Gasteiger partial charge is 0.0451 e. The molecule has 0 bridgehead atoms. The van der Waals surface area contributed by atoms with Gasteiger partial charge in [0.15, 0.2) is 0 Å². The summed E-state index contributed by atoms with van der Waals surface area (Å²) in [6, 6.07) is 3.76. The van der Waals surface area contributed by atoms with Crippen LogP contribution in [-0.4, -0.2) is 16.7 Å². The first-order valence-electron chi connectivity index (χ1n) is 3.97. The molecule has 1 atom stereocenters. The van der Waals surface area contributed by atoms with Crippen LogP contribution >= 0.6 is 0 Å². The molecule has 12 heavy (non-hydrogen) atoms. The number of rotatable bonds is 3.